The van der Waals surface area contributed by atoms with Gasteiger partial charge in [0, 0.05) is 32.6 Å². The molecule has 0 radical (unpaired) electrons. The first kappa shape index (κ1) is 11.5. The van der Waals surface area contributed by atoms with Gasteiger partial charge in [-0.15, -0.1) is 0 Å². The largest absolute Gasteiger partial charge is 0.359 e. The van der Waals surface area contributed by atoms with Crippen molar-refractivity contribution in [3.05, 3.63) is 0 Å². The standard InChI is InChI=1S/C10H21N3O/c1-11-10(14)5-7-12-8-9-4-2-3-6-13-9/h9,12-13H,2-8H2,1H3,(H,11,14). The van der Waals surface area contributed by atoms with E-state index in [0.29, 0.717) is 12.5 Å². The lowest BCUT2D eigenvalue weighted by atomic mass is 10.1. The molecule has 1 rings (SSSR count). The molecule has 1 atom stereocenters. The molecule has 1 aliphatic rings. The number of carbonyl (C=O) groups is 1. The number of rotatable bonds is 5. The second-order valence-corrected chi connectivity index (χ2v) is 3.77. The molecule has 4 nitrogen and oxygen atoms in total. The lowest BCUT2D eigenvalue weighted by Gasteiger charge is -2.23. The first-order valence-corrected chi connectivity index (χ1v) is 5.47. The third-order valence-corrected chi connectivity index (χ3v) is 2.61. The summed E-state index contributed by atoms with van der Waals surface area (Å²) in [6, 6.07) is 0.605. The molecular formula is C10H21N3O. The average molecular weight is 199 g/mol. The summed E-state index contributed by atoms with van der Waals surface area (Å²) in [5.74, 6) is 0.106. The molecule has 0 aromatic rings. The highest BCUT2D eigenvalue weighted by molar-refractivity contribution is 5.75. The lowest BCUT2D eigenvalue weighted by molar-refractivity contribution is -0.120. The number of carbonyl (C=O) groups excluding carboxylic acids is 1. The molecule has 14 heavy (non-hydrogen) atoms. The maximum absolute atomic E-state index is 10.9. The van der Waals surface area contributed by atoms with Crippen LogP contribution in [0.3, 0.4) is 0 Å². The number of hydrogen-bond donors (Lipinski definition) is 3. The molecule has 1 aliphatic heterocycles. The summed E-state index contributed by atoms with van der Waals surface area (Å²) in [5.41, 5.74) is 0. The van der Waals surface area contributed by atoms with Gasteiger partial charge in [0.15, 0.2) is 0 Å². The van der Waals surface area contributed by atoms with Crippen LogP contribution in [0.15, 0.2) is 0 Å². The van der Waals surface area contributed by atoms with Crippen molar-refractivity contribution >= 4 is 5.91 Å². The Morgan fingerprint density at radius 1 is 1.50 bits per heavy atom. The Morgan fingerprint density at radius 2 is 2.36 bits per heavy atom. The normalized spacial score (nSPS) is 21.9. The molecule has 0 spiro atoms. The first-order valence-electron chi connectivity index (χ1n) is 5.47. The van der Waals surface area contributed by atoms with Crippen LogP contribution in [-0.4, -0.2) is 38.6 Å². The van der Waals surface area contributed by atoms with Crippen molar-refractivity contribution in [2.75, 3.05) is 26.7 Å². The quantitative estimate of drug-likeness (QED) is 0.540. The zero-order chi connectivity index (χ0) is 10.2. The molecule has 1 heterocycles. The van der Waals surface area contributed by atoms with Crippen molar-refractivity contribution in [1.82, 2.24) is 16.0 Å². The third kappa shape index (κ3) is 4.58. The van der Waals surface area contributed by atoms with Gasteiger partial charge in [-0.3, -0.25) is 4.79 Å². The van der Waals surface area contributed by atoms with Gasteiger partial charge in [-0.05, 0) is 19.4 Å². The zero-order valence-electron chi connectivity index (χ0n) is 8.94. The Kier molecular flexibility index (Phi) is 5.56. The maximum atomic E-state index is 10.9. The lowest BCUT2D eigenvalue weighted by Crippen LogP contribution is -2.42. The van der Waals surface area contributed by atoms with Gasteiger partial charge in [0.1, 0.15) is 0 Å². The van der Waals surface area contributed by atoms with E-state index in [1.165, 1.54) is 19.3 Å². The summed E-state index contributed by atoms with van der Waals surface area (Å²) in [6.07, 6.45) is 4.46. The minimum Gasteiger partial charge on any atom is -0.359 e. The summed E-state index contributed by atoms with van der Waals surface area (Å²) < 4.78 is 0. The van der Waals surface area contributed by atoms with E-state index in [4.69, 9.17) is 0 Å². The summed E-state index contributed by atoms with van der Waals surface area (Å²) in [4.78, 5) is 10.9. The van der Waals surface area contributed by atoms with Gasteiger partial charge >= 0.3 is 0 Å². The van der Waals surface area contributed by atoms with Crippen LogP contribution in [0.5, 0.6) is 0 Å². The first-order chi connectivity index (χ1) is 6.83. The molecule has 3 N–H and O–H groups in total. The smallest absolute Gasteiger partial charge is 0.221 e. The Balaban J connectivity index is 1.94. The minimum absolute atomic E-state index is 0.106. The fraction of sp³-hybridized carbons (Fsp3) is 0.900. The molecule has 1 saturated heterocycles. The number of hydrogen-bond acceptors (Lipinski definition) is 3. The Bertz CT molecular complexity index is 167. The Labute approximate surface area is 85.8 Å². The Morgan fingerprint density at radius 3 is 3.00 bits per heavy atom. The van der Waals surface area contributed by atoms with Crippen molar-refractivity contribution in [2.45, 2.75) is 31.7 Å². The van der Waals surface area contributed by atoms with E-state index in [1.54, 1.807) is 7.05 Å². The van der Waals surface area contributed by atoms with Crippen molar-refractivity contribution < 1.29 is 4.79 Å². The predicted octanol–water partition coefficient (Wildman–Crippen LogP) is -0.146. The minimum atomic E-state index is 0.106. The fourth-order valence-electron chi connectivity index (χ4n) is 1.70. The number of amides is 1. The van der Waals surface area contributed by atoms with Gasteiger partial charge in [0.2, 0.25) is 5.91 Å². The van der Waals surface area contributed by atoms with Crippen molar-refractivity contribution in [3.63, 3.8) is 0 Å². The van der Waals surface area contributed by atoms with E-state index in [9.17, 15) is 4.79 Å². The highest BCUT2D eigenvalue weighted by Gasteiger charge is 2.11. The van der Waals surface area contributed by atoms with E-state index in [-0.39, 0.29) is 5.91 Å². The summed E-state index contributed by atoms with van der Waals surface area (Å²) >= 11 is 0. The number of piperidine rings is 1. The summed E-state index contributed by atoms with van der Waals surface area (Å²) in [6.45, 7) is 2.90. The predicted molar refractivity (Wildman–Crippen MR) is 57.2 cm³/mol. The van der Waals surface area contributed by atoms with Crippen molar-refractivity contribution in [3.8, 4) is 0 Å². The SMILES string of the molecule is CNC(=O)CCNCC1CCCCN1. The second-order valence-electron chi connectivity index (χ2n) is 3.77. The van der Waals surface area contributed by atoms with E-state index >= 15 is 0 Å². The molecule has 1 unspecified atom stereocenters. The fourth-order valence-corrected chi connectivity index (χ4v) is 1.70. The molecule has 0 aliphatic carbocycles. The summed E-state index contributed by atoms with van der Waals surface area (Å²) in [7, 11) is 1.67. The van der Waals surface area contributed by atoms with Crippen LogP contribution in [0.2, 0.25) is 0 Å². The number of nitrogens with one attached hydrogen (secondary N) is 3. The summed E-state index contributed by atoms with van der Waals surface area (Å²) in [5, 5.41) is 9.36. The van der Waals surface area contributed by atoms with Crippen LogP contribution in [-0.2, 0) is 4.79 Å². The van der Waals surface area contributed by atoms with Gasteiger partial charge < -0.3 is 16.0 Å². The van der Waals surface area contributed by atoms with E-state index in [0.717, 1.165) is 19.6 Å². The molecule has 1 amide bonds. The highest BCUT2D eigenvalue weighted by Crippen LogP contribution is 2.05. The van der Waals surface area contributed by atoms with Gasteiger partial charge in [-0.25, -0.2) is 0 Å². The maximum Gasteiger partial charge on any atom is 0.221 e. The Hall–Kier alpha value is -0.610. The topological polar surface area (TPSA) is 53.2 Å². The molecular weight excluding hydrogens is 178 g/mol. The van der Waals surface area contributed by atoms with Gasteiger partial charge in [0.05, 0.1) is 0 Å². The van der Waals surface area contributed by atoms with Gasteiger partial charge in [-0.2, -0.15) is 0 Å². The zero-order valence-corrected chi connectivity index (χ0v) is 8.94. The average Bonchev–Trinajstić information content (AvgIpc) is 2.25. The van der Waals surface area contributed by atoms with E-state index in [2.05, 4.69) is 16.0 Å². The van der Waals surface area contributed by atoms with Crippen molar-refractivity contribution in [2.24, 2.45) is 0 Å². The van der Waals surface area contributed by atoms with Crippen LogP contribution in [0.4, 0.5) is 0 Å². The highest BCUT2D eigenvalue weighted by atomic mass is 16.1. The molecule has 1 fully saturated rings. The van der Waals surface area contributed by atoms with E-state index in [1.807, 2.05) is 0 Å². The monoisotopic (exact) mass is 199 g/mol. The van der Waals surface area contributed by atoms with Crippen LogP contribution in [0, 0.1) is 0 Å². The van der Waals surface area contributed by atoms with Crippen LogP contribution in [0.25, 0.3) is 0 Å². The molecule has 0 bridgehead atoms. The molecule has 0 saturated carbocycles. The van der Waals surface area contributed by atoms with Crippen LogP contribution < -0.4 is 16.0 Å². The molecule has 0 aromatic heterocycles. The van der Waals surface area contributed by atoms with Crippen molar-refractivity contribution in [1.29, 1.82) is 0 Å². The molecule has 4 heteroatoms. The second kappa shape index (κ2) is 6.79. The third-order valence-electron chi connectivity index (χ3n) is 2.61. The van der Waals surface area contributed by atoms with Gasteiger partial charge in [-0.1, -0.05) is 6.42 Å². The van der Waals surface area contributed by atoms with Gasteiger partial charge in [0.25, 0.3) is 0 Å². The van der Waals surface area contributed by atoms with Crippen LogP contribution in [0.1, 0.15) is 25.7 Å². The van der Waals surface area contributed by atoms with E-state index < -0.39 is 0 Å². The molecule has 82 valence electrons. The van der Waals surface area contributed by atoms with Crippen LogP contribution >= 0.6 is 0 Å². The molecule has 0 aromatic carbocycles.